The summed E-state index contributed by atoms with van der Waals surface area (Å²) in [5.74, 6) is 1.55. The van der Waals surface area contributed by atoms with Crippen LogP contribution in [0.3, 0.4) is 0 Å². The SMILES string of the molecule is C[C@H]1CCCC[C@@H]1Nc1ccc(Cl)nn1. The second-order valence-electron chi connectivity index (χ2n) is 4.25. The van der Waals surface area contributed by atoms with Crippen molar-refractivity contribution in [3.05, 3.63) is 17.3 Å². The summed E-state index contributed by atoms with van der Waals surface area (Å²) in [6.45, 7) is 2.29. The van der Waals surface area contributed by atoms with E-state index in [1.165, 1.54) is 25.7 Å². The Labute approximate surface area is 95.2 Å². The maximum absolute atomic E-state index is 5.68. The summed E-state index contributed by atoms with van der Waals surface area (Å²) in [6, 6.07) is 4.19. The highest BCUT2D eigenvalue weighted by Crippen LogP contribution is 2.26. The minimum Gasteiger partial charge on any atom is -0.366 e. The lowest BCUT2D eigenvalue weighted by atomic mass is 9.86. The Morgan fingerprint density at radius 3 is 2.73 bits per heavy atom. The van der Waals surface area contributed by atoms with Gasteiger partial charge < -0.3 is 5.32 Å². The largest absolute Gasteiger partial charge is 0.366 e. The van der Waals surface area contributed by atoms with E-state index in [2.05, 4.69) is 22.4 Å². The highest BCUT2D eigenvalue weighted by atomic mass is 35.5. The molecule has 1 aromatic heterocycles. The summed E-state index contributed by atoms with van der Waals surface area (Å²) in [5, 5.41) is 11.7. The van der Waals surface area contributed by atoms with E-state index in [-0.39, 0.29) is 0 Å². The molecular weight excluding hydrogens is 210 g/mol. The van der Waals surface area contributed by atoms with Gasteiger partial charge in [-0.1, -0.05) is 31.4 Å². The first-order chi connectivity index (χ1) is 7.25. The molecule has 0 aromatic carbocycles. The topological polar surface area (TPSA) is 37.8 Å². The molecule has 0 spiro atoms. The van der Waals surface area contributed by atoms with Crippen molar-refractivity contribution >= 4 is 17.4 Å². The highest BCUT2D eigenvalue weighted by molar-refractivity contribution is 6.29. The number of aromatic nitrogens is 2. The van der Waals surface area contributed by atoms with Crippen LogP contribution in [-0.2, 0) is 0 Å². The molecule has 0 unspecified atom stereocenters. The number of hydrogen-bond donors (Lipinski definition) is 1. The molecule has 1 heterocycles. The van der Waals surface area contributed by atoms with Crippen LogP contribution in [0.15, 0.2) is 12.1 Å². The van der Waals surface area contributed by atoms with Crippen molar-refractivity contribution in [2.24, 2.45) is 5.92 Å². The molecule has 0 aliphatic heterocycles. The van der Waals surface area contributed by atoms with E-state index in [9.17, 15) is 0 Å². The third-order valence-corrected chi connectivity index (χ3v) is 3.28. The van der Waals surface area contributed by atoms with E-state index < -0.39 is 0 Å². The van der Waals surface area contributed by atoms with E-state index in [0.29, 0.717) is 11.2 Å². The van der Waals surface area contributed by atoms with Crippen molar-refractivity contribution in [1.29, 1.82) is 0 Å². The van der Waals surface area contributed by atoms with Crippen molar-refractivity contribution in [3.8, 4) is 0 Å². The number of nitrogens with one attached hydrogen (secondary N) is 1. The Morgan fingerprint density at radius 1 is 1.27 bits per heavy atom. The predicted molar refractivity (Wildman–Crippen MR) is 62.1 cm³/mol. The van der Waals surface area contributed by atoms with Crippen LogP contribution in [0.5, 0.6) is 0 Å². The van der Waals surface area contributed by atoms with Crippen LogP contribution >= 0.6 is 11.6 Å². The second kappa shape index (κ2) is 4.79. The molecule has 82 valence electrons. The van der Waals surface area contributed by atoms with Gasteiger partial charge in [0.05, 0.1) is 0 Å². The fourth-order valence-corrected chi connectivity index (χ4v) is 2.21. The quantitative estimate of drug-likeness (QED) is 0.841. The first kappa shape index (κ1) is 10.7. The molecule has 15 heavy (non-hydrogen) atoms. The minimum absolute atomic E-state index is 0.442. The molecule has 0 saturated heterocycles. The van der Waals surface area contributed by atoms with Crippen LogP contribution in [0.4, 0.5) is 5.82 Å². The molecule has 2 atom stereocenters. The Hall–Kier alpha value is -0.830. The standard InChI is InChI=1S/C11H16ClN3/c1-8-4-2-3-5-9(8)13-11-7-6-10(12)14-15-11/h6-9H,2-5H2,1H3,(H,13,15)/t8-,9-/m0/s1. The van der Waals surface area contributed by atoms with Gasteiger partial charge in [-0.05, 0) is 30.9 Å². The number of nitrogens with zero attached hydrogens (tertiary/aromatic N) is 2. The number of hydrogen-bond acceptors (Lipinski definition) is 3. The zero-order valence-electron chi connectivity index (χ0n) is 8.91. The van der Waals surface area contributed by atoms with E-state index in [4.69, 9.17) is 11.6 Å². The highest BCUT2D eigenvalue weighted by Gasteiger charge is 2.21. The van der Waals surface area contributed by atoms with Crippen LogP contribution in [0.2, 0.25) is 5.15 Å². The summed E-state index contributed by atoms with van der Waals surface area (Å²) in [7, 11) is 0. The molecule has 1 aliphatic rings. The predicted octanol–water partition coefficient (Wildman–Crippen LogP) is 3.12. The first-order valence-corrected chi connectivity index (χ1v) is 5.89. The lowest BCUT2D eigenvalue weighted by Gasteiger charge is -2.29. The molecule has 2 rings (SSSR count). The van der Waals surface area contributed by atoms with Crippen LogP contribution in [-0.4, -0.2) is 16.2 Å². The van der Waals surface area contributed by atoms with Crippen LogP contribution in [0.1, 0.15) is 32.6 Å². The van der Waals surface area contributed by atoms with Crippen molar-refractivity contribution in [2.75, 3.05) is 5.32 Å². The van der Waals surface area contributed by atoms with Gasteiger partial charge in [0.25, 0.3) is 0 Å². The molecule has 0 amide bonds. The summed E-state index contributed by atoms with van der Waals surface area (Å²) >= 11 is 5.68. The van der Waals surface area contributed by atoms with Crippen LogP contribution in [0, 0.1) is 5.92 Å². The average Bonchev–Trinajstić information content (AvgIpc) is 2.25. The monoisotopic (exact) mass is 225 g/mol. The molecule has 1 N–H and O–H groups in total. The maximum atomic E-state index is 5.68. The second-order valence-corrected chi connectivity index (χ2v) is 4.64. The molecular formula is C11H16ClN3. The fraction of sp³-hybridized carbons (Fsp3) is 0.636. The van der Waals surface area contributed by atoms with Crippen molar-refractivity contribution in [1.82, 2.24) is 10.2 Å². The third kappa shape index (κ3) is 2.81. The van der Waals surface area contributed by atoms with Gasteiger partial charge in [0.15, 0.2) is 5.15 Å². The van der Waals surface area contributed by atoms with E-state index in [0.717, 1.165) is 11.7 Å². The Morgan fingerprint density at radius 2 is 2.07 bits per heavy atom. The summed E-state index contributed by atoms with van der Waals surface area (Å²) in [6.07, 6.45) is 5.19. The molecule has 0 radical (unpaired) electrons. The van der Waals surface area contributed by atoms with E-state index >= 15 is 0 Å². The van der Waals surface area contributed by atoms with Crippen molar-refractivity contribution < 1.29 is 0 Å². The van der Waals surface area contributed by atoms with Gasteiger partial charge in [0.2, 0.25) is 0 Å². The Kier molecular flexibility index (Phi) is 3.41. The summed E-state index contributed by atoms with van der Waals surface area (Å²) in [4.78, 5) is 0. The molecule has 1 saturated carbocycles. The number of rotatable bonds is 2. The van der Waals surface area contributed by atoms with Gasteiger partial charge in [-0.2, -0.15) is 0 Å². The summed E-state index contributed by atoms with van der Waals surface area (Å²) in [5.41, 5.74) is 0. The zero-order valence-corrected chi connectivity index (χ0v) is 9.67. The Bertz CT molecular complexity index is 312. The normalized spacial score (nSPS) is 26.3. The van der Waals surface area contributed by atoms with Gasteiger partial charge in [-0.15, -0.1) is 10.2 Å². The smallest absolute Gasteiger partial charge is 0.151 e. The average molecular weight is 226 g/mol. The van der Waals surface area contributed by atoms with Gasteiger partial charge in [0.1, 0.15) is 5.82 Å². The maximum Gasteiger partial charge on any atom is 0.151 e. The number of halogens is 1. The van der Waals surface area contributed by atoms with Gasteiger partial charge in [-0.3, -0.25) is 0 Å². The first-order valence-electron chi connectivity index (χ1n) is 5.51. The Balaban J connectivity index is 1.98. The van der Waals surface area contributed by atoms with Crippen molar-refractivity contribution in [3.63, 3.8) is 0 Å². The van der Waals surface area contributed by atoms with Gasteiger partial charge in [-0.25, -0.2) is 0 Å². The zero-order chi connectivity index (χ0) is 10.7. The molecule has 1 fully saturated rings. The molecule has 4 heteroatoms. The number of anilines is 1. The lowest BCUT2D eigenvalue weighted by molar-refractivity contribution is 0.349. The third-order valence-electron chi connectivity index (χ3n) is 3.08. The van der Waals surface area contributed by atoms with Crippen molar-refractivity contribution in [2.45, 2.75) is 38.6 Å². The van der Waals surface area contributed by atoms with Crippen LogP contribution < -0.4 is 5.32 Å². The minimum atomic E-state index is 0.442. The molecule has 1 aromatic rings. The summed E-state index contributed by atoms with van der Waals surface area (Å²) < 4.78 is 0. The van der Waals surface area contributed by atoms with Gasteiger partial charge in [0, 0.05) is 6.04 Å². The van der Waals surface area contributed by atoms with E-state index in [1.807, 2.05) is 6.07 Å². The molecule has 3 nitrogen and oxygen atoms in total. The lowest BCUT2D eigenvalue weighted by Crippen LogP contribution is -2.30. The van der Waals surface area contributed by atoms with Crippen LogP contribution in [0.25, 0.3) is 0 Å². The van der Waals surface area contributed by atoms with Gasteiger partial charge >= 0.3 is 0 Å². The molecule has 1 aliphatic carbocycles. The fourth-order valence-electron chi connectivity index (χ4n) is 2.11. The van der Waals surface area contributed by atoms with E-state index in [1.54, 1.807) is 6.07 Å². The molecule has 0 bridgehead atoms.